The van der Waals surface area contributed by atoms with Crippen LogP contribution in [0.5, 0.6) is 0 Å². The second kappa shape index (κ2) is 9.29. The summed E-state index contributed by atoms with van der Waals surface area (Å²) < 4.78 is 6.05. The molecule has 0 fully saturated rings. The van der Waals surface area contributed by atoms with Crippen LogP contribution in [0.15, 0.2) is 94.7 Å². The van der Waals surface area contributed by atoms with Gasteiger partial charge in [0, 0.05) is 10.9 Å². The molecule has 2 aromatic heterocycles. The van der Waals surface area contributed by atoms with Crippen molar-refractivity contribution in [3.8, 4) is 28.8 Å². The number of allylic oxidation sites excluding steroid dienone is 1. The van der Waals surface area contributed by atoms with Crippen LogP contribution in [-0.2, 0) is 0 Å². The second-order valence-corrected chi connectivity index (χ2v) is 9.91. The number of halogens is 2. The number of nitriles is 1. The molecule has 0 aliphatic rings. The average Bonchev–Trinajstić information content (AvgIpc) is 3.58. The zero-order valence-corrected chi connectivity index (χ0v) is 21.0. The van der Waals surface area contributed by atoms with Crippen molar-refractivity contribution in [1.29, 1.82) is 5.26 Å². The Morgan fingerprint density at radius 1 is 0.833 bits per heavy atom. The minimum absolute atomic E-state index is 0.466. The van der Waals surface area contributed by atoms with Gasteiger partial charge in [-0.15, -0.1) is 11.3 Å². The largest absolute Gasteiger partial charge is 0.454 e. The molecule has 4 aromatic carbocycles. The van der Waals surface area contributed by atoms with Crippen LogP contribution < -0.4 is 0 Å². The molecule has 0 spiro atoms. The lowest BCUT2D eigenvalue weighted by Crippen LogP contribution is -1.86. The number of thiazole rings is 1. The van der Waals surface area contributed by atoms with Crippen LogP contribution >= 0.6 is 34.5 Å². The van der Waals surface area contributed by atoms with Crippen LogP contribution in [0.1, 0.15) is 10.6 Å². The summed E-state index contributed by atoms with van der Waals surface area (Å²) in [4.78, 5) is 4.73. The number of furan rings is 1. The van der Waals surface area contributed by atoms with Crippen LogP contribution in [0.4, 0.5) is 0 Å². The van der Waals surface area contributed by atoms with E-state index in [0.29, 0.717) is 37.8 Å². The average molecular weight is 523 g/mol. The highest BCUT2D eigenvalue weighted by Crippen LogP contribution is 2.35. The molecule has 6 aromatic rings. The zero-order valence-electron chi connectivity index (χ0n) is 18.7. The van der Waals surface area contributed by atoms with E-state index >= 15 is 0 Å². The number of fused-ring (bicyclic) bond motifs is 2. The van der Waals surface area contributed by atoms with Crippen LogP contribution in [0, 0.1) is 11.3 Å². The maximum atomic E-state index is 10.1. The third kappa shape index (κ3) is 4.08. The standard InChI is InChI=1S/C30H16Cl2N2OS/c31-25-10-9-20(15-26(25)32)28-11-12-29(35-28)27-17-36-30(34-27)21(16-33)14-24-22-7-3-1-5-18(22)13-19-6-2-4-8-23(19)24/h1-15,17H/b21-14+. The van der Waals surface area contributed by atoms with Gasteiger partial charge in [-0.05, 0) is 69.6 Å². The Kier molecular flexibility index (Phi) is 5.83. The number of rotatable bonds is 4. The number of hydrogen-bond donors (Lipinski definition) is 0. The Labute approximate surface area is 221 Å². The predicted molar refractivity (Wildman–Crippen MR) is 150 cm³/mol. The molecule has 0 saturated carbocycles. The van der Waals surface area contributed by atoms with Gasteiger partial charge in [0.2, 0.25) is 0 Å². The maximum absolute atomic E-state index is 10.1. The van der Waals surface area contributed by atoms with Crippen LogP contribution in [0.3, 0.4) is 0 Å². The van der Waals surface area contributed by atoms with Gasteiger partial charge >= 0.3 is 0 Å². The van der Waals surface area contributed by atoms with E-state index in [9.17, 15) is 5.26 Å². The lowest BCUT2D eigenvalue weighted by Gasteiger charge is -2.08. The molecule has 0 bridgehead atoms. The number of aromatic nitrogens is 1. The summed E-state index contributed by atoms with van der Waals surface area (Å²) in [5, 5.41) is 18.0. The second-order valence-electron chi connectivity index (χ2n) is 8.23. The van der Waals surface area contributed by atoms with E-state index < -0.39 is 0 Å². The summed E-state index contributed by atoms with van der Waals surface area (Å²) in [5.74, 6) is 1.28. The fraction of sp³-hybridized carbons (Fsp3) is 0. The molecule has 0 amide bonds. The molecule has 0 radical (unpaired) electrons. The Morgan fingerprint density at radius 3 is 2.22 bits per heavy atom. The Bertz CT molecular complexity index is 1790. The molecule has 3 nitrogen and oxygen atoms in total. The van der Waals surface area contributed by atoms with Gasteiger partial charge in [0.05, 0.1) is 15.6 Å². The summed E-state index contributed by atoms with van der Waals surface area (Å²) in [6.07, 6.45) is 1.94. The summed E-state index contributed by atoms with van der Waals surface area (Å²) in [7, 11) is 0. The maximum Gasteiger partial charge on any atom is 0.154 e. The van der Waals surface area contributed by atoms with Crippen molar-refractivity contribution >= 4 is 67.7 Å². The van der Waals surface area contributed by atoms with Crippen molar-refractivity contribution in [3.05, 3.63) is 111 Å². The Morgan fingerprint density at radius 2 is 1.53 bits per heavy atom. The quantitative estimate of drug-likeness (QED) is 0.171. The van der Waals surface area contributed by atoms with Gasteiger partial charge in [0.25, 0.3) is 0 Å². The molecule has 0 aliphatic carbocycles. The van der Waals surface area contributed by atoms with Crippen LogP contribution in [-0.4, -0.2) is 4.98 Å². The van der Waals surface area contributed by atoms with Gasteiger partial charge in [0.15, 0.2) is 5.76 Å². The first-order valence-electron chi connectivity index (χ1n) is 11.1. The van der Waals surface area contributed by atoms with Gasteiger partial charge in [-0.1, -0.05) is 71.7 Å². The Balaban J connectivity index is 1.41. The summed E-state index contributed by atoms with van der Waals surface area (Å²) in [6.45, 7) is 0. The van der Waals surface area contributed by atoms with E-state index in [2.05, 4.69) is 36.4 Å². The van der Waals surface area contributed by atoms with Gasteiger partial charge < -0.3 is 4.42 Å². The summed E-state index contributed by atoms with van der Waals surface area (Å²) in [5.41, 5.74) is 3.01. The highest BCUT2D eigenvalue weighted by atomic mass is 35.5. The minimum Gasteiger partial charge on any atom is -0.454 e. The van der Waals surface area contributed by atoms with E-state index in [0.717, 1.165) is 32.7 Å². The van der Waals surface area contributed by atoms with E-state index in [1.807, 2.05) is 53.9 Å². The predicted octanol–water partition coefficient (Wildman–Crippen LogP) is 9.75. The van der Waals surface area contributed by atoms with Crippen molar-refractivity contribution in [2.75, 3.05) is 0 Å². The molecule has 0 saturated heterocycles. The first-order valence-corrected chi connectivity index (χ1v) is 12.8. The van der Waals surface area contributed by atoms with E-state index in [-0.39, 0.29) is 0 Å². The SMILES string of the molecule is N#C/C(=C\c1c2ccccc2cc2ccccc12)c1nc(-c2ccc(-c3ccc(Cl)c(Cl)c3)o2)cs1. The van der Waals surface area contributed by atoms with Gasteiger partial charge in [-0.2, -0.15) is 5.26 Å². The fourth-order valence-electron chi connectivity index (χ4n) is 4.28. The van der Waals surface area contributed by atoms with Crippen molar-refractivity contribution in [2.24, 2.45) is 0 Å². The number of benzene rings is 4. The van der Waals surface area contributed by atoms with Crippen molar-refractivity contribution in [2.45, 2.75) is 0 Å². The minimum atomic E-state index is 0.466. The lowest BCUT2D eigenvalue weighted by molar-refractivity contribution is 0.595. The first kappa shape index (κ1) is 22.6. The molecule has 6 heteroatoms. The lowest BCUT2D eigenvalue weighted by atomic mass is 9.95. The molecule has 2 heterocycles. The first-order chi connectivity index (χ1) is 17.6. The molecular weight excluding hydrogens is 507 g/mol. The van der Waals surface area contributed by atoms with E-state index in [1.54, 1.807) is 12.1 Å². The summed E-state index contributed by atoms with van der Waals surface area (Å²) in [6, 6.07) is 30.1. The third-order valence-corrected chi connectivity index (χ3v) is 7.63. The zero-order chi connectivity index (χ0) is 24.6. The molecule has 172 valence electrons. The van der Waals surface area contributed by atoms with Crippen LogP contribution in [0.25, 0.3) is 56.0 Å². The van der Waals surface area contributed by atoms with E-state index in [4.69, 9.17) is 32.6 Å². The highest BCUT2D eigenvalue weighted by Gasteiger charge is 2.15. The molecule has 0 aliphatic heterocycles. The topological polar surface area (TPSA) is 49.8 Å². The van der Waals surface area contributed by atoms with Gasteiger partial charge in [-0.3, -0.25) is 0 Å². The molecule has 6 rings (SSSR count). The fourth-order valence-corrected chi connectivity index (χ4v) is 5.35. The molecule has 36 heavy (non-hydrogen) atoms. The van der Waals surface area contributed by atoms with E-state index in [1.165, 1.54) is 11.3 Å². The molecular formula is C30H16Cl2N2OS. The van der Waals surface area contributed by atoms with Gasteiger partial charge in [-0.25, -0.2) is 4.98 Å². The normalized spacial score (nSPS) is 11.8. The highest BCUT2D eigenvalue weighted by molar-refractivity contribution is 7.11. The summed E-state index contributed by atoms with van der Waals surface area (Å²) >= 11 is 13.6. The molecule has 0 unspecified atom stereocenters. The van der Waals surface area contributed by atoms with Crippen molar-refractivity contribution < 1.29 is 4.42 Å². The monoisotopic (exact) mass is 522 g/mol. The number of nitrogens with zero attached hydrogens (tertiary/aromatic N) is 2. The van der Waals surface area contributed by atoms with Crippen LogP contribution in [0.2, 0.25) is 10.0 Å². The number of hydrogen-bond acceptors (Lipinski definition) is 4. The molecule has 0 N–H and O–H groups in total. The van der Waals surface area contributed by atoms with Crippen molar-refractivity contribution in [3.63, 3.8) is 0 Å². The molecule has 0 atom stereocenters. The van der Waals surface area contributed by atoms with Crippen molar-refractivity contribution in [1.82, 2.24) is 4.98 Å². The van der Waals surface area contributed by atoms with Gasteiger partial charge in [0.1, 0.15) is 22.5 Å². The Hall–Kier alpha value is -3.88. The third-order valence-electron chi connectivity index (χ3n) is 6.02. The smallest absolute Gasteiger partial charge is 0.154 e.